The maximum atomic E-state index is 9.36. The molecule has 7 aromatic rings. The van der Waals surface area contributed by atoms with Crippen molar-refractivity contribution in [2.75, 3.05) is 0 Å². The van der Waals surface area contributed by atoms with Crippen molar-refractivity contribution >= 4 is 32.3 Å². The molecule has 0 bridgehead atoms. The van der Waals surface area contributed by atoms with Gasteiger partial charge in [0.25, 0.3) is 0 Å². The highest BCUT2D eigenvalue weighted by Crippen LogP contribution is 2.39. The van der Waals surface area contributed by atoms with Crippen LogP contribution >= 0.6 is 0 Å². The molecule has 0 saturated heterocycles. The molecule has 168 valence electrons. The Labute approximate surface area is 220 Å². The van der Waals surface area contributed by atoms with Crippen molar-refractivity contribution in [3.8, 4) is 33.4 Å². The Morgan fingerprint density at radius 1 is 0.389 bits per heavy atom. The minimum Gasteiger partial charge on any atom is -0.0622 e. The second kappa shape index (κ2) is 8.52. The van der Waals surface area contributed by atoms with E-state index in [-0.39, 0.29) is 47.7 Å². The monoisotopic (exact) mass is 463 g/mol. The van der Waals surface area contributed by atoms with Crippen molar-refractivity contribution in [1.82, 2.24) is 0 Å². The van der Waals surface area contributed by atoms with Crippen LogP contribution in [0.2, 0.25) is 0 Å². The molecule has 0 nitrogen and oxygen atoms in total. The van der Waals surface area contributed by atoms with Gasteiger partial charge in [0.2, 0.25) is 0 Å². The number of hydrogen-bond donors (Lipinski definition) is 0. The number of benzene rings is 7. The van der Waals surface area contributed by atoms with Crippen LogP contribution in [0.5, 0.6) is 0 Å². The summed E-state index contributed by atoms with van der Waals surface area (Å²) >= 11 is 0. The molecular formula is C36H24. The van der Waals surface area contributed by atoms with Crippen LogP contribution in [0.1, 0.15) is 9.60 Å². The molecule has 0 heterocycles. The van der Waals surface area contributed by atoms with Gasteiger partial charge in [0.1, 0.15) is 0 Å². The lowest BCUT2D eigenvalue weighted by Gasteiger charge is -2.14. The van der Waals surface area contributed by atoms with Gasteiger partial charge >= 0.3 is 0 Å². The first-order chi connectivity index (χ1) is 20.8. The van der Waals surface area contributed by atoms with Gasteiger partial charge in [0.05, 0.1) is 9.60 Å². The van der Waals surface area contributed by atoms with Gasteiger partial charge in [-0.05, 0) is 83.9 Å². The molecule has 0 unspecified atom stereocenters. The summed E-state index contributed by atoms with van der Waals surface area (Å²) in [5, 5.41) is 3.52. The second-order valence-corrected chi connectivity index (χ2v) is 8.85. The van der Waals surface area contributed by atoms with Crippen LogP contribution in [0.4, 0.5) is 0 Å². The quantitative estimate of drug-likeness (QED) is 0.229. The van der Waals surface area contributed by atoms with E-state index in [1.54, 1.807) is 6.07 Å². The average Bonchev–Trinajstić information content (AvgIpc) is 3.04. The highest BCUT2D eigenvalue weighted by molar-refractivity contribution is 6.13. The summed E-state index contributed by atoms with van der Waals surface area (Å²) in [6.45, 7) is 0. The van der Waals surface area contributed by atoms with Gasteiger partial charge in [-0.1, -0.05) is 127 Å². The summed E-state index contributed by atoms with van der Waals surface area (Å²) in [5.41, 5.74) is 4.09. The largest absolute Gasteiger partial charge is 0.0636 e. The first-order valence-corrected chi connectivity index (χ1v) is 11.9. The van der Waals surface area contributed by atoms with Crippen LogP contribution in [0.3, 0.4) is 0 Å². The van der Waals surface area contributed by atoms with Crippen LogP contribution in [0, 0.1) is 0 Å². The van der Waals surface area contributed by atoms with Gasteiger partial charge in [-0.2, -0.15) is 0 Å². The average molecular weight is 464 g/mol. The van der Waals surface area contributed by atoms with Gasteiger partial charge in [0.15, 0.2) is 0 Å². The van der Waals surface area contributed by atoms with Crippen molar-refractivity contribution < 1.29 is 9.60 Å². The molecule has 7 aromatic carbocycles. The summed E-state index contributed by atoms with van der Waals surface area (Å²) in [4.78, 5) is 0. The molecule has 0 N–H and O–H groups in total. The van der Waals surface area contributed by atoms with Crippen molar-refractivity contribution in [2.24, 2.45) is 0 Å². The van der Waals surface area contributed by atoms with Crippen LogP contribution < -0.4 is 0 Å². The fourth-order valence-electron chi connectivity index (χ4n) is 4.85. The summed E-state index contributed by atoms with van der Waals surface area (Å²) in [7, 11) is 0. The molecule has 0 radical (unpaired) electrons. The Morgan fingerprint density at radius 3 is 1.92 bits per heavy atom. The summed E-state index contributed by atoms with van der Waals surface area (Å²) in [6.07, 6.45) is 0. The summed E-state index contributed by atoms with van der Waals surface area (Å²) < 4.78 is 61.5. The van der Waals surface area contributed by atoms with E-state index in [9.17, 15) is 1.37 Å². The minimum absolute atomic E-state index is 0.0464. The molecule has 0 spiro atoms. The van der Waals surface area contributed by atoms with Crippen LogP contribution in [-0.2, 0) is 0 Å². The molecule has 0 aliphatic carbocycles. The third-order valence-corrected chi connectivity index (χ3v) is 6.67. The lowest BCUT2D eigenvalue weighted by atomic mass is 9.89. The summed E-state index contributed by atoms with van der Waals surface area (Å²) in [5.74, 6) is 0. The zero-order valence-electron chi connectivity index (χ0n) is 26.3. The maximum Gasteiger partial charge on any atom is 0.0636 e. The summed E-state index contributed by atoms with van der Waals surface area (Å²) in [6, 6.07) is 31.6. The second-order valence-electron chi connectivity index (χ2n) is 8.85. The molecule has 0 fully saturated rings. The zero-order chi connectivity index (χ0) is 30.0. The first kappa shape index (κ1) is 14.7. The molecule has 0 saturated carbocycles. The molecule has 36 heavy (non-hydrogen) atoms. The number of hydrogen-bond acceptors (Lipinski definition) is 0. The molecule has 0 atom stereocenters. The maximum absolute atomic E-state index is 9.36. The Bertz CT molecular complexity index is 2240. The van der Waals surface area contributed by atoms with E-state index in [0.29, 0.717) is 38.4 Å². The highest BCUT2D eigenvalue weighted by Gasteiger charge is 2.12. The minimum atomic E-state index is -0.362. The van der Waals surface area contributed by atoms with E-state index in [2.05, 4.69) is 30.3 Å². The molecule has 0 amide bonds. The normalized spacial score (nSPS) is 14.1. The van der Waals surface area contributed by atoms with Gasteiger partial charge < -0.3 is 0 Å². The van der Waals surface area contributed by atoms with Crippen molar-refractivity contribution in [2.45, 2.75) is 0 Å². The molecular weight excluding hydrogens is 432 g/mol. The van der Waals surface area contributed by atoms with Crippen molar-refractivity contribution in [1.29, 1.82) is 0 Å². The third-order valence-electron chi connectivity index (χ3n) is 6.67. The molecule has 0 aromatic heterocycles. The third kappa shape index (κ3) is 3.56. The molecule has 0 heteroatoms. The van der Waals surface area contributed by atoms with Gasteiger partial charge in [-0.15, -0.1) is 0 Å². The highest BCUT2D eigenvalue weighted by atomic mass is 14.2. The van der Waals surface area contributed by atoms with Gasteiger partial charge in [-0.3, -0.25) is 0 Å². The lowest BCUT2D eigenvalue weighted by molar-refractivity contribution is 1.62. The lowest BCUT2D eigenvalue weighted by Crippen LogP contribution is -1.88. The standard InChI is InChI=1S/C36H24/c1-2-8-25(9-3-1)31-20-21-33-23-32-12-6-7-13-34(32)36(35(33)24-31)28-17-14-27(15-18-28)30-19-16-26-10-4-5-11-29(26)22-30/h1-24H/i6D,7D,12D,13D,20D,21D,24D. The van der Waals surface area contributed by atoms with Crippen LogP contribution in [0.15, 0.2) is 145 Å². The van der Waals surface area contributed by atoms with E-state index in [4.69, 9.17) is 8.22 Å². The van der Waals surface area contributed by atoms with Crippen molar-refractivity contribution in [3.63, 3.8) is 0 Å². The predicted molar refractivity (Wildman–Crippen MR) is 155 cm³/mol. The zero-order valence-corrected chi connectivity index (χ0v) is 19.3. The van der Waals surface area contributed by atoms with E-state index < -0.39 is 0 Å². The first-order valence-electron chi connectivity index (χ1n) is 15.4. The van der Waals surface area contributed by atoms with Gasteiger partial charge in [0, 0.05) is 0 Å². The van der Waals surface area contributed by atoms with Crippen molar-refractivity contribution in [3.05, 3.63) is 145 Å². The van der Waals surface area contributed by atoms with Crippen LogP contribution in [-0.4, -0.2) is 0 Å². The SMILES string of the molecule is [2H]c1c([2H])c([2H])c2c(-c3ccc(-c4ccc5ccccc5c4)cc3)c3c([2H])c(-c4ccccc4)c([2H])c([2H])c3cc2c1[2H]. The fourth-order valence-corrected chi connectivity index (χ4v) is 4.85. The Kier molecular flexibility index (Phi) is 3.47. The number of rotatable bonds is 3. The smallest absolute Gasteiger partial charge is 0.0622 e. The predicted octanol–water partition coefficient (Wildman–Crippen LogP) is 10.1. The topological polar surface area (TPSA) is 0 Å². The van der Waals surface area contributed by atoms with Crippen LogP contribution in [0.25, 0.3) is 65.7 Å². The molecule has 0 aliphatic rings. The van der Waals surface area contributed by atoms with Gasteiger partial charge in [-0.25, -0.2) is 0 Å². The van der Waals surface area contributed by atoms with E-state index >= 15 is 0 Å². The van der Waals surface area contributed by atoms with E-state index in [1.165, 1.54) is 0 Å². The Hall–Kier alpha value is -4.68. The molecule has 0 aliphatic heterocycles. The number of fused-ring (bicyclic) bond motifs is 3. The fraction of sp³-hybridized carbons (Fsp3) is 0. The van der Waals surface area contributed by atoms with E-state index in [0.717, 1.165) is 21.9 Å². The van der Waals surface area contributed by atoms with E-state index in [1.807, 2.05) is 66.7 Å². The molecule has 7 rings (SSSR count). The Morgan fingerprint density at radius 2 is 1.06 bits per heavy atom. The Balaban J connectivity index is 1.57.